The molecular weight excluding hydrogens is 270 g/mol. The highest BCUT2D eigenvalue weighted by molar-refractivity contribution is 7.80. The van der Waals surface area contributed by atoms with E-state index in [1.165, 1.54) is 0 Å². The fourth-order valence-electron chi connectivity index (χ4n) is 3.67. The van der Waals surface area contributed by atoms with Gasteiger partial charge in [-0.1, -0.05) is 32.0 Å². The molecule has 0 aromatic rings. The number of thiocarbonyl (C=S) groups is 1. The standard InChI is InChI=1S/C15H27N3OS/c1-3-18-10-6-12(7-11-18)17(2)14(19)15(13(16)20)8-4-5-9-15/h12H,3-11H2,1-2H3,(H2,16,20). The van der Waals surface area contributed by atoms with Crippen LogP contribution in [-0.4, -0.2) is 53.4 Å². The van der Waals surface area contributed by atoms with Crippen molar-refractivity contribution in [2.75, 3.05) is 26.7 Å². The van der Waals surface area contributed by atoms with Crippen molar-refractivity contribution in [1.82, 2.24) is 9.80 Å². The van der Waals surface area contributed by atoms with Crippen molar-refractivity contribution in [3.8, 4) is 0 Å². The molecule has 0 aromatic heterocycles. The summed E-state index contributed by atoms with van der Waals surface area (Å²) in [5, 5.41) is 0. The second-order valence-corrected chi connectivity index (χ2v) is 6.67. The van der Waals surface area contributed by atoms with Gasteiger partial charge in [0.1, 0.15) is 0 Å². The van der Waals surface area contributed by atoms with E-state index in [0.29, 0.717) is 11.0 Å². The summed E-state index contributed by atoms with van der Waals surface area (Å²) in [7, 11) is 1.94. The van der Waals surface area contributed by atoms with Crippen molar-refractivity contribution < 1.29 is 4.79 Å². The Kier molecular flexibility index (Phi) is 5.02. The number of amides is 1. The van der Waals surface area contributed by atoms with Crippen LogP contribution in [0.2, 0.25) is 0 Å². The van der Waals surface area contributed by atoms with Crippen LogP contribution >= 0.6 is 12.2 Å². The average Bonchev–Trinajstić information content (AvgIpc) is 2.96. The molecule has 1 saturated carbocycles. The molecule has 5 heteroatoms. The summed E-state index contributed by atoms with van der Waals surface area (Å²) in [5.41, 5.74) is 5.37. The predicted molar refractivity (Wildman–Crippen MR) is 85.6 cm³/mol. The SMILES string of the molecule is CCN1CCC(N(C)C(=O)C2(C(N)=S)CCCC2)CC1. The van der Waals surface area contributed by atoms with Gasteiger partial charge in [0.2, 0.25) is 5.91 Å². The number of piperidine rings is 1. The lowest BCUT2D eigenvalue weighted by atomic mass is 9.83. The predicted octanol–water partition coefficient (Wildman–Crippen LogP) is 1.78. The van der Waals surface area contributed by atoms with E-state index in [1.807, 2.05) is 11.9 Å². The summed E-state index contributed by atoms with van der Waals surface area (Å²) in [6, 6.07) is 0.345. The van der Waals surface area contributed by atoms with E-state index in [9.17, 15) is 4.79 Å². The van der Waals surface area contributed by atoms with E-state index >= 15 is 0 Å². The first-order chi connectivity index (χ1) is 9.51. The molecule has 0 atom stereocenters. The molecule has 0 bridgehead atoms. The van der Waals surface area contributed by atoms with Crippen LogP contribution in [0.4, 0.5) is 0 Å². The second kappa shape index (κ2) is 6.39. The molecule has 0 aromatic carbocycles. The van der Waals surface area contributed by atoms with Crippen LogP contribution in [0.25, 0.3) is 0 Å². The van der Waals surface area contributed by atoms with Crippen LogP contribution in [0.1, 0.15) is 45.4 Å². The van der Waals surface area contributed by atoms with Crippen LogP contribution in [0.3, 0.4) is 0 Å². The number of hydrogen-bond donors (Lipinski definition) is 1. The van der Waals surface area contributed by atoms with E-state index < -0.39 is 5.41 Å². The van der Waals surface area contributed by atoms with Gasteiger partial charge in [-0.3, -0.25) is 4.79 Å². The van der Waals surface area contributed by atoms with Gasteiger partial charge in [-0.05, 0) is 32.2 Å². The van der Waals surface area contributed by atoms with Crippen molar-refractivity contribution in [2.24, 2.45) is 11.1 Å². The third-order valence-corrected chi connectivity index (χ3v) is 5.60. The summed E-state index contributed by atoms with van der Waals surface area (Å²) < 4.78 is 0. The Morgan fingerprint density at radius 1 is 1.35 bits per heavy atom. The van der Waals surface area contributed by atoms with E-state index in [1.54, 1.807) is 0 Å². The maximum atomic E-state index is 12.9. The monoisotopic (exact) mass is 297 g/mol. The quantitative estimate of drug-likeness (QED) is 0.804. The zero-order valence-electron chi connectivity index (χ0n) is 12.7. The van der Waals surface area contributed by atoms with E-state index in [4.69, 9.17) is 18.0 Å². The van der Waals surface area contributed by atoms with Crippen LogP contribution in [0.15, 0.2) is 0 Å². The van der Waals surface area contributed by atoms with Gasteiger partial charge in [-0.15, -0.1) is 0 Å². The number of likely N-dealkylation sites (tertiary alicyclic amines) is 1. The lowest BCUT2D eigenvalue weighted by molar-refractivity contribution is -0.139. The number of nitrogens with zero attached hydrogens (tertiary/aromatic N) is 2. The molecule has 1 aliphatic heterocycles. The van der Waals surface area contributed by atoms with Gasteiger partial charge in [0, 0.05) is 26.2 Å². The highest BCUT2D eigenvalue weighted by Crippen LogP contribution is 2.40. The summed E-state index contributed by atoms with van der Waals surface area (Å²) in [6.07, 6.45) is 5.90. The minimum Gasteiger partial charge on any atom is -0.392 e. The molecule has 0 spiro atoms. The van der Waals surface area contributed by atoms with Crippen molar-refractivity contribution >= 4 is 23.1 Å². The maximum absolute atomic E-state index is 12.9. The fourth-order valence-corrected chi connectivity index (χ4v) is 3.96. The molecule has 1 amide bonds. The van der Waals surface area contributed by atoms with Crippen molar-refractivity contribution in [3.63, 3.8) is 0 Å². The molecule has 20 heavy (non-hydrogen) atoms. The molecule has 2 aliphatic rings. The molecule has 2 N–H and O–H groups in total. The molecule has 2 rings (SSSR count). The van der Waals surface area contributed by atoms with Gasteiger partial charge in [0.15, 0.2) is 0 Å². The van der Waals surface area contributed by atoms with Gasteiger partial charge in [0.25, 0.3) is 0 Å². The van der Waals surface area contributed by atoms with Gasteiger partial charge < -0.3 is 15.5 Å². The highest BCUT2D eigenvalue weighted by Gasteiger charge is 2.46. The van der Waals surface area contributed by atoms with E-state index in [2.05, 4.69) is 11.8 Å². The number of carbonyl (C=O) groups is 1. The maximum Gasteiger partial charge on any atom is 0.235 e. The number of carbonyl (C=O) groups excluding carboxylic acids is 1. The molecule has 114 valence electrons. The molecule has 0 radical (unpaired) electrons. The topological polar surface area (TPSA) is 49.6 Å². The van der Waals surface area contributed by atoms with E-state index in [0.717, 1.165) is 58.2 Å². The van der Waals surface area contributed by atoms with Gasteiger partial charge in [-0.2, -0.15) is 0 Å². The smallest absolute Gasteiger partial charge is 0.235 e. The first-order valence-corrected chi connectivity index (χ1v) is 8.21. The third-order valence-electron chi connectivity index (χ3n) is 5.21. The van der Waals surface area contributed by atoms with Crippen molar-refractivity contribution in [3.05, 3.63) is 0 Å². The second-order valence-electron chi connectivity index (χ2n) is 6.23. The Morgan fingerprint density at radius 3 is 2.35 bits per heavy atom. The molecule has 0 unspecified atom stereocenters. The molecule has 1 saturated heterocycles. The van der Waals surface area contributed by atoms with Crippen molar-refractivity contribution in [1.29, 1.82) is 0 Å². The molecular formula is C15H27N3OS. The number of rotatable bonds is 4. The first kappa shape index (κ1) is 15.7. The van der Waals surface area contributed by atoms with Crippen LogP contribution < -0.4 is 5.73 Å². The van der Waals surface area contributed by atoms with Crippen LogP contribution in [0.5, 0.6) is 0 Å². The summed E-state index contributed by atoms with van der Waals surface area (Å²) in [5.74, 6) is 0.164. The van der Waals surface area contributed by atoms with Crippen LogP contribution in [0, 0.1) is 5.41 Å². The summed E-state index contributed by atoms with van der Waals surface area (Å²) in [4.78, 5) is 17.7. The average molecular weight is 297 g/mol. The lowest BCUT2D eigenvalue weighted by Crippen LogP contribution is -2.53. The molecule has 2 fully saturated rings. The molecule has 4 nitrogen and oxygen atoms in total. The number of hydrogen-bond acceptors (Lipinski definition) is 3. The van der Waals surface area contributed by atoms with E-state index in [-0.39, 0.29) is 5.91 Å². The fraction of sp³-hybridized carbons (Fsp3) is 0.867. The Bertz CT molecular complexity index is 371. The van der Waals surface area contributed by atoms with Gasteiger partial charge in [-0.25, -0.2) is 0 Å². The minimum atomic E-state index is -0.550. The Labute approximate surface area is 127 Å². The largest absolute Gasteiger partial charge is 0.392 e. The minimum absolute atomic E-state index is 0.164. The van der Waals surface area contributed by atoms with Crippen LogP contribution in [-0.2, 0) is 4.79 Å². The molecule has 1 aliphatic carbocycles. The summed E-state index contributed by atoms with van der Waals surface area (Å²) >= 11 is 5.22. The first-order valence-electron chi connectivity index (χ1n) is 7.81. The Balaban J connectivity index is 2.03. The summed E-state index contributed by atoms with van der Waals surface area (Å²) in [6.45, 7) is 5.45. The number of nitrogens with two attached hydrogens (primary N) is 1. The van der Waals surface area contributed by atoms with Crippen molar-refractivity contribution in [2.45, 2.75) is 51.5 Å². The van der Waals surface area contributed by atoms with Gasteiger partial charge >= 0.3 is 0 Å². The van der Waals surface area contributed by atoms with Gasteiger partial charge in [0.05, 0.1) is 10.4 Å². The zero-order valence-corrected chi connectivity index (χ0v) is 13.5. The lowest BCUT2D eigenvalue weighted by Gasteiger charge is -2.40. The zero-order chi connectivity index (χ0) is 14.8. The molecule has 1 heterocycles. The highest BCUT2D eigenvalue weighted by atomic mass is 32.1. The normalized spacial score (nSPS) is 23.7. The Hall–Kier alpha value is -0.680. The Morgan fingerprint density at radius 2 is 1.90 bits per heavy atom. The third kappa shape index (κ3) is 2.84.